The van der Waals surface area contributed by atoms with E-state index >= 15 is 0 Å². The van der Waals surface area contributed by atoms with E-state index in [9.17, 15) is 4.79 Å². The van der Waals surface area contributed by atoms with Gasteiger partial charge in [0.1, 0.15) is 0 Å². The topological polar surface area (TPSA) is 22.0 Å². The largest absolute Gasteiger partial charge is 0.276 e. The standard InChI is InChI=1S/C25H21NO/c1-19-17-22(18-20-11-5-2-6-12-20)25(27)26(23-15-9-4-10-16-23)24(19)21-13-7-3-8-14-21/h2-17H,18H2,1H3. The van der Waals surface area contributed by atoms with Gasteiger partial charge in [-0.2, -0.15) is 0 Å². The van der Waals surface area contributed by atoms with Crippen molar-refractivity contribution in [1.82, 2.24) is 4.57 Å². The highest BCUT2D eigenvalue weighted by Crippen LogP contribution is 2.26. The van der Waals surface area contributed by atoms with E-state index in [1.165, 1.54) is 0 Å². The third-order valence-corrected chi connectivity index (χ3v) is 4.76. The number of aromatic nitrogens is 1. The molecular weight excluding hydrogens is 330 g/mol. The van der Waals surface area contributed by atoms with Gasteiger partial charge < -0.3 is 0 Å². The minimum absolute atomic E-state index is 0.0366. The van der Waals surface area contributed by atoms with Gasteiger partial charge in [-0.05, 0) is 41.8 Å². The molecule has 0 aliphatic heterocycles. The maximum absolute atomic E-state index is 13.5. The molecule has 0 unspecified atom stereocenters. The Balaban J connectivity index is 1.96. The quantitative estimate of drug-likeness (QED) is 0.482. The summed E-state index contributed by atoms with van der Waals surface area (Å²) in [6.45, 7) is 2.08. The first kappa shape index (κ1) is 17.0. The van der Waals surface area contributed by atoms with Gasteiger partial charge in [0.2, 0.25) is 0 Å². The summed E-state index contributed by atoms with van der Waals surface area (Å²) in [6.07, 6.45) is 0.627. The molecule has 0 N–H and O–H groups in total. The van der Waals surface area contributed by atoms with Gasteiger partial charge in [-0.25, -0.2) is 0 Å². The first-order chi connectivity index (χ1) is 13.2. The lowest BCUT2D eigenvalue weighted by Gasteiger charge is -2.18. The SMILES string of the molecule is Cc1cc(Cc2ccccc2)c(=O)n(-c2ccccc2)c1-c1ccccc1. The zero-order valence-corrected chi connectivity index (χ0v) is 15.3. The fourth-order valence-electron chi connectivity index (χ4n) is 3.53. The summed E-state index contributed by atoms with van der Waals surface area (Å²) < 4.78 is 1.85. The van der Waals surface area contributed by atoms with Crippen molar-refractivity contribution in [3.63, 3.8) is 0 Å². The predicted molar refractivity (Wildman–Crippen MR) is 111 cm³/mol. The maximum atomic E-state index is 13.5. The van der Waals surface area contributed by atoms with Crippen LogP contribution in [0.25, 0.3) is 16.9 Å². The second kappa shape index (κ2) is 7.46. The number of nitrogens with zero attached hydrogens (tertiary/aromatic N) is 1. The summed E-state index contributed by atoms with van der Waals surface area (Å²) in [5, 5.41) is 0. The van der Waals surface area contributed by atoms with Crippen LogP contribution in [-0.2, 0) is 6.42 Å². The summed E-state index contributed by atoms with van der Waals surface area (Å²) in [4.78, 5) is 13.5. The molecule has 2 nitrogen and oxygen atoms in total. The number of para-hydroxylation sites is 1. The molecule has 132 valence electrons. The molecule has 0 aliphatic rings. The number of pyridine rings is 1. The van der Waals surface area contributed by atoms with Crippen molar-refractivity contribution >= 4 is 0 Å². The molecule has 0 saturated carbocycles. The molecule has 4 aromatic rings. The fraction of sp³-hybridized carbons (Fsp3) is 0.0800. The van der Waals surface area contributed by atoms with Crippen LogP contribution in [0.15, 0.2) is 102 Å². The molecule has 0 radical (unpaired) electrons. The van der Waals surface area contributed by atoms with E-state index in [0.717, 1.165) is 33.6 Å². The van der Waals surface area contributed by atoms with E-state index in [-0.39, 0.29) is 5.56 Å². The average molecular weight is 351 g/mol. The third-order valence-electron chi connectivity index (χ3n) is 4.76. The Morgan fingerprint density at radius 3 is 1.93 bits per heavy atom. The van der Waals surface area contributed by atoms with E-state index in [2.05, 4.69) is 31.2 Å². The van der Waals surface area contributed by atoms with Gasteiger partial charge in [0, 0.05) is 17.7 Å². The van der Waals surface area contributed by atoms with Crippen LogP contribution in [-0.4, -0.2) is 4.57 Å². The predicted octanol–water partition coefficient (Wildman–Crippen LogP) is 5.40. The third kappa shape index (κ3) is 3.47. The highest BCUT2D eigenvalue weighted by Gasteiger charge is 2.15. The molecule has 0 fully saturated rings. The number of aryl methyl sites for hydroxylation is 1. The van der Waals surface area contributed by atoms with Crippen LogP contribution < -0.4 is 5.56 Å². The molecular formula is C25H21NO. The van der Waals surface area contributed by atoms with Gasteiger partial charge in [-0.1, -0.05) is 78.9 Å². The average Bonchev–Trinajstić information content (AvgIpc) is 2.72. The van der Waals surface area contributed by atoms with Crippen molar-refractivity contribution < 1.29 is 0 Å². The number of rotatable bonds is 4. The van der Waals surface area contributed by atoms with E-state index < -0.39 is 0 Å². The van der Waals surface area contributed by atoms with Crippen molar-refractivity contribution in [2.45, 2.75) is 13.3 Å². The second-order valence-electron chi connectivity index (χ2n) is 6.71. The second-order valence-corrected chi connectivity index (χ2v) is 6.71. The van der Waals surface area contributed by atoms with Crippen LogP contribution in [0, 0.1) is 6.92 Å². The van der Waals surface area contributed by atoms with Gasteiger partial charge in [0.25, 0.3) is 5.56 Å². The lowest BCUT2D eigenvalue weighted by molar-refractivity contribution is 0.946. The van der Waals surface area contributed by atoms with E-state index in [4.69, 9.17) is 0 Å². The van der Waals surface area contributed by atoms with E-state index in [0.29, 0.717) is 6.42 Å². The Bertz CT molecular complexity index is 1100. The normalized spacial score (nSPS) is 10.7. The summed E-state index contributed by atoms with van der Waals surface area (Å²) >= 11 is 0. The Kier molecular flexibility index (Phi) is 4.71. The van der Waals surface area contributed by atoms with E-state index in [1.807, 2.05) is 77.4 Å². The zero-order chi connectivity index (χ0) is 18.6. The molecule has 0 atom stereocenters. The summed E-state index contributed by atoms with van der Waals surface area (Å²) in [7, 11) is 0. The minimum Gasteiger partial charge on any atom is -0.276 e. The summed E-state index contributed by atoms with van der Waals surface area (Å²) in [5.74, 6) is 0. The number of hydrogen-bond acceptors (Lipinski definition) is 1. The molecule has 0 amide bonds. The maximum Gasteiger partial charge on any atom is 0.259 e. The highest BCUT2D eigenvalue weighted by atomic mass is 16.1. The van der Waals surface area contributed by atoms with Crippen molar-refractivity contribution in [2.24, 2.45) is 0 Å². The lowest BCUT2D eigenvalue weighted by atomic mass is 10.00. The number of hydrogen-bond donors (Lipinski definition) is 0. The molecule has 27 heavy (non-hydrogen) atoms. The van der Waals surface area contributed by atoms with Gasteiger partial charge in [0.05, 0.1) is 5.69 Å². The molecule has 2 heteroatoms. The van der Waals surface area contributed by atoms with Crippen LogP contribution in [0.5, 0.6) is 0 Å². The molecule has 0 aliphatic carbocycles. The smallest absolute Gasteiger partial charge is 0.259 e. The minimum atomic E-state index is 0.0366. The first-order valence-corrected chi connectivity index (χ1v) is 9.14. The molecule has 0 saturated heterocycles. The van der Waals surface area contributed by atoms with Crippen molar-refractivity contribution in [3.8, 4) is 16.9 Å². The fourth-order valence-corrected chi connectivity index (χ4v) is 3.53. The monoisotopic (exact) mass is 351 g/mol. The highest BCUT2D eigenvalue weighted by molar-refractivity contribution is 5.66. The van der Waals surface area contributed by atoms with Crippen LogP contribution in [0.1, 0.15) is 16.7 Å². The van der Waals surface area contributed by atoms with Gasteiger partial charge in [-0.3, -0.25) is 9.36 Å². The van der Waals surface area contributed by atoms with Crippen LogP contribution in [0.2, 0.25) is 0 Å². The Morgan fingerprint density at radius 1 is 0.741 bits per heavy atom. The first-order valence-electron chi connectivity index (χ1n) is 9.14. The molecule has 0 spiro atoms. The molecule has 1 heterocycles. The van der Waals surface area contributed by atoms with Crippen molar-refractivity contribution in [2.75, 3.05) is 0 Å². The zero-order valence-electron chi connectivity index (χ0n) is 15.3. The van der Waals surface area contributed by atoms with Gasteiger partial charge in [-0.15, -0.1) is 0 Å². The Labute approximate surface area is 159 Å². The lowest BCUT2D eigenvalue weighted by Crippen LogP contribution is -2.25. The Morgan fingerprint density at radius 2 is 1.30 bits per heavy atom. The number of benzene rings is 3. The summed E-state index contributed by atoms with van der Waals surface area (Å²) in [5.41, 5.74) is 5.96. The van der Waals surface area contributed by atoms with Gasteiger partial charge >= 0.3 is 0 Å². The molecule has 0 bridgehead atoms. The van der Waals surface area contributed by atoms with Crippen LogP contribution in [0.4, 0.5) is 0 Å². The van der Waals surface area contributed by atoms with Crippen LogP contribution >= 0.6 is 0 Å². The van der Waals surface area contributed by atoms with Crippen LogP contribution in [0.3, 0.4) is 0 Å². The molecule has 3 aromatic carbocycles. The molecule has 4 rings (SSSR count). The van der Waals surface area contributed by atoms with Crippen molar-refractivity contribution in [1.29, 1.82) is 0 Å². The van der Waals surface area contributed by atoms with Gasteiger partial charge in [0.15, 0.2) is 0 Å². The summed E-state index contributed by atoms with van der Waals surface area (Å²) in [6, 6.07) is 32.2. The van der Waals surface area contributed by atoms with Crippen molar-refractivity contribution in [3.05, 3.63) is 124 Å². The van der Waals surface area contributed by atoms with E-state index in [1.54, 1.807) is 0 Å². The Hall–Kier alpha value is -3.39. The molecule has 1 aromatic heterocycles.